The predicted molar refractivity (Wildman–Crippen MR) is 87.1 cm³/mol. The van der Waals surface area contributed by atoms with E-state index >= 15 is 0 Å². The second-order valence-electron chi connectivity index (χ2n) is 5.06. The molecule has 4 heteroatoms. The van der Waals surface area contributed by atoms with E-state index in [0.717, 1.165) is 32.6 Å². The van der Waals surface area contributed by atoms with Crippen LogP contribution in [0.5, 0.6) is 0 Å². The van der Waals surface area contributed by atoms with Gasteiger partial charge in [-0.3, -0.25) is 10.8 Å². The lowest BCUT2D eigenvalue weighted by molar-refractivity contribution is 0.634. The smallest absolute Gasteiger partial charge is 0.0712 e. The maximum absolute atomic E-state index is 6.03. The monoisotopic (exact) mass is 297 g/mol. The third kappa shape index (κ3) is 2.76. The molecular formula is C17H16ClN3. The molecule has 0 saturated heterocycles. The van der Waals surface area contributed by atoms with Crippen molar-refractivity contribution in [3.8, 4) is 0 Å². The van der Waals surface area contributed by atoms with Gasteiger partial charge < -0.3 is 0 Å². The molecular weight excluding hydrogens is 282 g/mol. The van der Waals surface area contributed by atoms with Gasteiger partial charge in [-0.25, -0.2) is 5.43 Å². The molecule has 2 aromatic carbocycles. The third-order valence-corrected chi connectivity index (χ3v) is 3.91. The number of nitrogens with zero attached hydrogens (tertiary/aromatic N) is 1. The zero-order valence-electron chi connectivity index (χ0n) is 11.7. The first-order chi connectivity index (χ1) is 10.2. The van der Waals surface area contributed by atoms with Gasteiger partial charge in [0.05, 0.1) is 11.6 Å². The van der Waals surface area contributed by atoms with Crippen molar-refractivity contribution >= 4 is 22.5 Å². The van der Waals surface area contributed by atoms with E-state index in [1.165, 1.54) is 0 Å². The van der Waals surface area contributed by atoms with E-state index in [9.17, 15) is 0 Å². The number of rotatable bonds is 3. The first-order valence-corrected chi connectivity index (χ1v) is 7.13. The van der Waals surface area contributed by atoms with Gasteiger partial charge in [-0.05, 0) is 53.9 Å². The van der Waals surface area contributed by atoms with Gasteiger partial charge in [0.2, 0.25) is 0 Å². The highest BCUT2D eigenvalue weighted by Crippen LogP contribution is 2.28. The lowest BCUT2D eigenvalue weighted by atomic mass is 9.94. The molecule has 1 aromatic heterocycles. The fourth-order valence-electron chi connectivity index (χ4n) is 2.60. The summed E-state index contributed by atoms with van der Waals surface area (Å²) in [6, 6.07) is 15.9. The lowest BCUT2D eigenvalue weighted by Crippen LogP contribution is -2.29. The van der Waals surface area contributed by atoms with Crippen molar-refractivity contribution in [2.45, 2.75) is 13.0 Å². The molecule has 0 spiro atoms. The van der Waals surface area contributed by atoms with Crippen LogP contribution in [0.25, 0.3) is 10.9 Å². The minimum Gasteiger partial charge on any atom is -0.271 e. The number of nitrogens with two attached hydrogens (primary N) is 1. The van der Waals surface area contributed by atoms with Gasteiger partial charge in [-0.2, -0.15) is 0 Å². The van der Waals surface area contributed by atoms with Crippen LogP contribution in [0.1, 0.15) is 22.7 Å². The number of aromatic nitrogens is 1. The van der Waals surface area contributed by atoms with E-state index in [1.54, 1.807) is 6.20 Å². The van der Waals surface area contributed by atoms with Gasteiger partial charge in [-0.1, -0.05) is 29.8 Å². The molecule has 1 heterocycles. The van der Waals surface area contributed by atoms with Crippen LogP contribution in [-0.4, -0.2) is 4.98 Å². The number of pyridine rings is 1. The molecule has 0 amide bonds. The Balaban J connectivity index is 2.09. The summed E-state index contributed by atoms with van der Waals surface area (Å²) < 4.78 is 0. The van der Waals surface area contributed by atoms with E-state index < -0.39 is 0 Å². The molecule has 0 radical (unpaired) electrons. The molecule has 0 fully saturated rings. The van der Waals surface area contributed by atoms with Crippen LogP contribution in [0.4, 0.5) is 0 Å². The van der Waals surface area contributed by atoms with Gasteiger partial charge in [0, 0.05) is 16.6 Å². The second-order valence-corrected chi connectivity index (χ2v) is 5.49. The number of fused-ring (bicyclic) bond motifs is 1. The van der Waals surface area contributed by atoms with E-state index in [1.807, 2.05) is 49.4 Å². The summed E-state index contributed by atoms with van der Waals surface area (Å²) in [4.78, 5) is 4.34. The highest BCUT2D eigenvalue weighted by Gasteiger charge is 2.15. The fourth-order valence-corrected chi connectivity index (χ4v) is 2.83. The van der Waals surface area contributed by atoms with Crippen LogP contribution in [0.3, 0.4) is 0 Å². The Morgan fingerprint density at radius 3 is 2.76 bits per heavy atom. The molecule has 3 rings (SSSR count). The van der Waals surface area contributed by atoms with Gasteiger partial charge in [0.25, 0.3) is 0 Å². The van der Waals surface area contributed by atoms with Crippen LogP contribution < -0.4 is 11.3 Å². The molecule has 3 nitrogen and oxygen atoms in total. The highest BCUT2D eigenvalue weighted by molar-refractivity contribution is 6.30. The molecule has 0 aliphatic heterocycles. The number of hydrazine groups is 1. The Morgan fingerprint density at radius 1 is 1.14 bits per heavy atom. The number of nitrogens with one attached hydrogen (secondary N) is 1. The molecule has 1 unspecified atom stereocenters. The largest absolute Gasteiger partial charge is 0.271 e. The number of hydrogen-bond donors (Lipinski definition) is 2. The SMILES string of the molecule is Cc1cc(Cl)ccc1C(NN)c1ccc2ncccc2c1. The molecule has 0 aliphatic carbocycles. The lowest BCUT2D eigenvalue weighted by Gasteiger charge is -2.19. The number of hydrogen-bond acceptors (Lipinski definition) is 3. The van der Waals surface area contributed by atoms with Crippen LogP contribution in [-0.2, 0) is 0 Å². The van der Waals surface area contributed by atoms with Crippen molar-refractivity contribution < 1.29 is 0 Å². The van der Waals surface area contributed by atoms with Gasteiger partial charge >= 0.3 is 0 Å². The molecule has 0 bridgehead atoms. The normalized spacial score (nSPS) is 12.5. The van der Waals surface area contributed by atoms with Crippen LogP contribution in [0, 0.1) is 6.92 Å². The van der Waals surface area contributed by atoms with Gasteiger partial charge in [0.15, 0.2) is 0 Å². The molecule has 0 saturated carbocycles. The number of benzene rings is 2. The van der Waals surface area contributed by atoms with E-state index in [4.69, 9.17) is 17.4 Å². The van der Waals surface area contributed by atoms with Crippen LogP contribution >= 0.6 is 11.6 Å². The van der Waals surface area contributed by atoms with E-state index in [-0.39, 0.29) is 6.04 Å². The van der Waals surface area contributed by atoms with Crippen molar-refractivity contribution in [3.05, 3.63) is 76.4 Å². The quantitative estimate of drug-likeness (QED) is 0.572. The first kappa shape index (κ1) is 14.0. The summed E-state index contributed by atoms with van der Waals surface area (Å²) in [6.07, 6.45) is 1.80. The standard InChI is InChI=1S/C17H16ClN3/c1-11-9-14(18)5-6-15(11)17(21-19)13-4-7-16-12(10-13)3-2-8-20-16/h2-10,17,21H,19H2,1H3. The van der Waals surface area contributed by atoms with Crippen molar-refractivity contribution in [2.24, 2.45) is 5.84 Å². The average molecular weight is 298 g/mol. The summed E-state index contributed by atoms with van der Waals surface area (Å²) in [7, 11) is 0. The van der Waals surface area contributed by atoms with Crippen LogP contribution in [0.2, 0.25) is 5.02 Å². The second kappa shape index (κ2) is 5.82. The summed E-state index contributed by atoms with van der Waals surface area (Å²) >= 11 is 6.03. The van der Waals surface area contributed by atoms with E-state index in [2.05, 4.69) is 16.5 Å². The maximum atomic E-state index is 6.03. The summed E-state index contributed by atoms with van der Waals surface area (Å²) in [6.45, 7) is 2.04. The third-order valence-electron chi connectivity index (χ3n) is 3.67. The van der Waals surface area contributed by atoms with Crippen molar-refractivity contribution in [1.82, 2.24) is 10.4 Å². The fraction of sp³-hybridized carbons (Fsp3) is 0.118. The van der Waals surface area contributed by atoms with Crippen molar-refractivity contribution in [3.63, 3.8) is 0 Å². The summed E-state index contributed by atoms with van der Waals surface area (Å²) in [5.41, 5.74) is 7.20. The highest BCUT2D eigenvalue weighted by atomic mass is 35.5. The average Bonchev–Trinajstić information content (AvgIpc) is 2.50. The van der Waals surface area contributed by atoms with Gasteiger partial charge in [-0.15, -0.1) is 0 Å². The van der Waals surface area contributed by atoms with Crippen molar-refractivity contribution in [2.75, 3.05) is 0 Å². The van der Waals surface area contributed by atoms with Crippen LogP contribution in [0.15, 0.2) is 54.7 Å². The predicted octanol–water partition coefficient (Wildman–Crippen LogP) is 3.75. The Labute approximate surface area is 128 Å². The molecule has 3 N–H and O–H groups in total. The minimum absolute atomic E-state index is 0.0770. The maximum Gasteiger partial charge on any atom is 0.0712 e. The molecule has 106 valence electrons. The summed E-state index contributed by atoms with van der Waals surface area (Å²) in [5.74, 6) is 5.79. The zero-order valence-corrected chi connectivity index (χ0v) is 12.4. The summed E-state index contributed by atoms with van der Waals surface area (Å²) in [5, 5.41) is 1.83. The van der Waals surface area contributed by atoms with E-state index in [0.29, 0.717) is 0 Å². The Hall–Kier alpha value is -1.94. The molecule has 3 aromatic rings. The van der Waals surface area contributed by atoms with Gasteiger partial charge in [0.1, 0.15) is 0 Å². The Morgan fingerprint density at radius 2 is 2.00 bits per heavy atom. The zero-order chi connectivity index (χ0) is 14.8. The number of aryl methyl sites for hydroxylation is 1. The Kier molecular flexibility index (Phi) is 3.88. The minimum atomic E-state index is -0.0770. The number of halogens is 1. The molecule has 1 atom stereocenters. The first-order valence-electron chi connectivity index (χ1n) is 6.76. The van der Waals surface area contributed by atoms with Crippen molar-refractivity contribution in [1.29, 1.82) is 0 Å². The molecule has 0 aliphatic rings. The Bertz CT molecular complexity index is 786. The topological polar surface area (TPSA) is 50.9 Å². The molecule has 21 heavy (non-hydrogen) atoms.